The Morgan fingerprint density at radius 1 is 1.15 bits per heavy atom. The molecule has 0 bridgehead atoms. The van der Waals surface area contributed by atoms with Crippen LogP contribution in [0.15, 0.2) is 24.3 Å². The Balaban J connectivity index is 2.44. The SMILES string of the molecule is CCCCCCCc1ccccc1NC(=O)NCCCl. The molecule has 1 aromatic carbocycles. The van der Waals surface area contributed by atoms with Gasteiger partial charge in [0.2, 0.25) is 0 Å². The molecule has 0 atom stereocenters. The molecule has 0 spiro atoms. The highest BCUT2D eigenvalue weighted by molar-refractivity contribution is 6.18. The van der Waals surface area contributed by atoms with Crippen molar-refractivity contribution < 1.29 is 4.79 Å². The van der Waals surface area contributed by atoms with Crippen LogP contribution in [0.1, 0.15) is 44.6 Å². The van der Waals surface area contributed by atoms with Crippen molar-refractivity contribution in [3.8, 4) is 0 Å². The minimum atomic E-state index is -0.191. The van der Waals surface area contributed by atoms with Gasteiger partial charge in [0.25, 0.3) is 0 Å². The predicted octanol–water partition coefficient (Wildman–Crippen LogP) is 4.56. The lowest BCUT2D eigenvalue weighted by molar-refractivity contribution is 0.252. The fourth-order valence-electron chi connectivity index (χ4n) is 2.11. The highest BCUT2D eigenvalue weighted by Gasteiger charge is 2.05. The zero-order valence-electron chi connectivity index (χ0n) is 12.3. The zero-order chi connectivity index (χ0) is 14.6. The van der Waals surface area contributed by atoms with Crippen LogP contribution in [0.25, 0.3) is 0 Å². The molecule has 0 aliphatic carbocycles. The number of anilines is 1. The molecule has 0 aromatic heterocycles. The molecule has 0 unspecified atom stereocenters. The Morgan fingerprint density at radius 3 is 2.65 bits per heavy atom. The molecule has 0 aliphatic heterocycles. The highest BCUT2D eigenvalue weighted by Crippen LogP contribution is 2.18. The minimum Gasteiger partial charge on any atom is -0.337 e. The average molecular weight is 297 g/mol. The van der Waals surface area contributed by atoms with E-state index in [1.165, 1.54) is 37.7 Å². The van der Waals surface area contributed by atoms with Crippen LogP contribution in [0.2, 0.25) is 0 Å². The summed E-state index contributed by atoms with van der Waals surface area (Å²) in [7, 11) is 0. The number of nitrogens with one attached hydrogen (secondary N) is 2. The summed E-state index contributed by atoms with van der Waals surface area (Å²) in [5.74, 6) is 0.423. The van der Waals surface area contributed by atoms with Crippen molar-refractivity contribution in [3.05, 3.63) is 29.8 Å². The first-order chi connectivity index (χ1) is 9.77. The van der Waals surface area contributed by atoms with Crippen LogP contribution in [0.5, 0.6) is 0 Å². The van der Waals surface area contributed by atoms with Gasteiger partial charge in [-0.25, -0.2) is 4.79 Å². The number of para-hydroxylation sites is 1. The number of carbonyl (C=O) groups excluding carboxylic acids is 1. The van der Waals surface area contributed by atoms with Crippen molar-refractivity contribution >= 4 is 23.3 Å². The van der Waals surface area contributed by atoms with E-state index >= 15 is 0 Å². The molecule has 0 saturated carbocycles. The van der Waals surface area contributed by atoms with Crippen molar-refractivity contribution in [2.45, 2.75) is 45.4 Å². The molecule has 0 fully saturated rings. The first-order valence-electron chi connectivity index (χ1n) is 7.46. The van der Waals surface area contributed by atoms with Crippen molar-refractivity contribution in [2.75, 3.05) is 17.7 Å². The summed E-state index contributed by atoms with van der Waals surface area (Å²) in [6.45, 7) is 2.70. The Morgan fingerprint density at radius 2 is 1.90 bits per heavy atom. The highest BCUT2D eigenvalue weighted by atomic mass is 35.5. The van der Waals surface area contributed by atoms with E-state index in [0.717, 1.165) is 12.1 Å². The lowest BCUT2D eigenvalue weighted by Crippen LogP contribution is -2.30. The molecular weight excluding hydrogens is 272 g/mol. The molecule has 1 rings (SSSR count). The summed E-state index contributed by atoms with van der Waals surface area (Å²) in [5, 5.41) is 5.60. The Labute approximate surface area is 127 Å². The normalized spacial score (nSPS) is 10.3. The van der Waals surface area contributed by atoms with E-state index in [1.807, 2.05) is 18.2 Å². The number of amides is 2. The molecule has 3 nitrogen and oxygen atoms in total. The van der Waals surface area contributed by atoms with E-state index in [0.29, 0.717) is 12.4 Å². The van der Waals surface area contributed by atoms with Gasteiger partial charge < -0.3 is 10.6 Å². The van der Waals surface area contributed by atoms with Crippen molar-refractivity contribution in [2.24, 2.45) is 0 Å². The number of benzene rings is 1. The second-order valence-corrected chi connectivity index (χ2v) is 5.27. The van der Waals surface area contributed by atoms with Crippen LogP contribution in [0, 0.1) is 0 Å². The molecule has 2 amide bonds. The first-order valence-corrected chi connectivity index (χ1v) is 8.00. The zero-order valence-corrected chi connectivity index (χ0v) is 13.0. The van der Waals surface area contributed by atoms with Gasteiger partial charge in [0.15, 0.2) is 0 Å². The van der Waals surface area contributed by atoms with Gasteiger partial charge in [0.1, 0.15) is 0 Å². The molecule has 1 aromatic rings. The Hall–Kier alpha value is -1.22. The van der Waals surface area contributed by atoms with Crippen LogP contribution in [-0.2, 0) is 6.42 Å². The molecule has 20 heavy (non-hydrogen) atoms. The van der Waals surface area contributed by atoms with Crippen molar-refractivity contribution in [1.29, 1.82) is 0 Å². The van der Waals surface area contributed by atoms with E-state index < -0.39 is 0 Å². The van der Waals surface area contributed by atoms with Crippen molar-refractivity contribution in [3.63, 3.8) is 0 Å². The quantitative estimate of drug-likeness (QED) is 0.509. The fraction of sp³-hybridized carbons (Fsp3) is 0.562. The van der Waals surface area contributed by atoms with Gasteiger partial charge in [-0.05, 0) is 24.5 Å². The monoisotopic (exact) mass is 296 g/mol. The second-order valence-electron chi connectivity index (χ2n) is 4.89. The Kier molecular flexibility index (Phi) is 8.88. The predicted molar refractivity (Wildman–Crippen MR) is 86.6 cm³/mol. The number of unbranched alkanes of at least 4 members (excludes halogenated alkanes) is 4. The maximum absolute atomic E-state index is 11.7. The van der Waals surface area contributed by atoms with Gasteiger partial charge in [-0.1, -0.05) is 50.8 Å². The minimum absolute atomic E-state index is 0.191. The number of halogens is 1. The van der Waals surface area contributed by atoms with Crippen LogP contribution in [0.4, 0.5) is 10.5 Å². The number of carbonyl (C=O) groups is 1. The topological polar surface area (TPSA) is 41.1 Å². The maximum atomic E-state index is 11.7. The molecule has 0 saturated heterocycles. The van der Waals surface area contributed by atoms with Crippen LogP contribution < -0.4 is 10.6 Å². The molecule has 2 N–H and O–H groups in total. The van der Waals surface area contributed by atoms with Crippen LogP contribution >= 0.6 is 11.6 Å². The summed E-state index contributed by atoms with van der Waals surface area (Å²) in [6, 6.07) is 7.80. The molecule has 112 valence electrons. The van der Waals surface area contributed by atoms with E-state index in [-0.39, 0.29) is 6.03 Å². The molecule has 0 aliphatic rings. The maximum Gasteiger partial charge on any atom is 0.319 e. The fourth-order valence-corrected chi connectivity index (χ4v) is 2.20. The van der Waals surface area contributed by atoms with E-state index in [2.05, 4.69) is 23.6 Å². The number of alkyl halides is 1. The molecule has 0 heterocycles. The number of hydrogen-bond donors (Lipinski definition) is 2. The lowest BCUT2D eigenvalue weighted by atomic mass is 10.0. The second kappa shape index (κ2) is 10.6. The van der Waals surface area contributed by atoms with Gasteiger partial charge >= 0.3 is 6.03 Å². The molecular formula is C16H25ClN2O. The smallest absolute Gasteiger partial charge is 0.319 e. The average Bonchev–Trinajstić information content (AvgIpc) is 2.46. The van der Waals surface area contributed by atoms with Crippen molar-refractivity contribution in [1.82, 2.24) is 5.32 Å². The number of urea groups is 1. The summed E-state index contributed by atoms with van der Waals surface area (Å²) in [6.07, 6.45) is 7.29. The van der Waals surface area contributed by atoms with E-state index in [1.54, 1.807) is 0 Å². The summed E-state index contributed by atoms with van der Waals surface area (Å²) in [4.78, 5) is 11.7. The summed E-state index contributed by atoms with van der Waals surface area (Å²) >= 11 is 5.55. The lowest BCUT2D eigenvalue weighted by Gasteiger charge is -2.11. The standard InChI is InChI=1S/C16H25ClN2O/c1-2-3-4-5-6-9-14-10-7-8-11-15(14)19-16(20)18-13-12-17/h7-8,10-11H,2-6,9,12-13H2,1H3,(H2,18,19,20). The van der Waals surface area contributed by atoms with E-state index in [4.69, 9.17) is 11.6 Å². The van der Waals surface area contributed by atoms with Gasteiger partial charge in [-0.2, -0.15) is 0 Å². The van der Waals surface area contributed by atoms with Gasteiger partial charge in [0.05, 0.1) is 0 Å². The first kappa shape index (κ1) is 16.8. The van der Waals surface area contributed by atoms with Gasteiger partial charge in [0, 0.05) is 18.1 Å². The number of aryl methyl sites for hydroxylation is 1. The van der Waals surface area contributed by atoms with Crippen LogP contribution in [-0.4, -0.2) is 18.5 Å². The third kappa shape index (κ3) is 6.80. The number of hydrogen-bond acceptors (Lipinski definition) is 1. The third-order valence-corrected chi connectivity index (χ3v) is 3.38. The summed E-state index contributed by atoms with van der Waals surface area (Å²) in [5.41, 5.74) is 2.10. The van der Waals surface area contributed by atoms with Gasteiger partial charge in [-0.3, -0.25) is 0 Å². The largest absolute Gasteiger partial charge is 0.337 e. The van der Waals surface area contributed by atoms with Gasteiger partial charge in [-0.15, -0.1) is 11.6 Å². The Bertz CT molecular complexity index is 396. The van der Waals surface area contributed by atoms with E-state index in [9.17, 15) is 4.79 Å². The summed E-state index contributed by atoms with van der Waals surface area (Å²) < 4.78 is 0. The molecule has 0 radical (unpaired) electrons. The third-order valence-electron chi connectivity index (χ3n) is 3.20. The van der Waals surface area contributed by atoms with Crippen LogP contribution in [0.3, 0.4) is 0 Å². The number of rotatable bonds is 9. The molecule has 4 heteroatoms.